The van der Waals surface area contributed by atoms with Crippen LogP contribution in [0.25, 0.3) is 0 Å². The van der Waals surface area contributed by atoms with Crippen molar-refractivity contribution in [2.75, 3.05) is 0 Å². The van der Waals surface area contributed by atoms with Crippen molar-refractivity contribution < 1.29 is 14.3 Å². The fraction of sp³-hybridized carbons (Fsp3) is 0.833. The third kappa shape index (κ3) is 2.58. The predicted molar refractivity (Wildman–Crippen MR) is 57.4 cm³/mol. The first-order valence-corrected chi connectivity index (χ1v) is 5.48. The first-order chi connectivity index (χ1) is 6.77. The summed E-state index contributed by atoms with van der Waals surface area (Å²) in [6.07, 6.45) is 2.39. The number of hydrogen-bond acceptors (Lipinski definition) is 3. The Hall–Kier alpha value is -0.860. The van der Waals surface area contributed by atoms with Crippen LogP contribution in [-0.4, -0.2) is 17.4 Å². The van der Waals surface area contributed by atoms with Gasteiger partial charge < -0.3 is 4.74 Å². The van der Waals surface area contributed by atoms with Crippen LogP contribution in [0.3, 0.4) is 0 Å². The van der Waals surface area contributed by atoms with Crippen molar-refractivity contribution in [2.24, 2.45) is 5.41 Å². The van der Waals surface area contributed by atoms with Gasteiger partial charge in [-0.2, -0.15) is 0 Å². The van der Waals surface area contributed by atoms with Gasteiger partial charge in [0, 0.05) is 25.2 Å². The first kappa shape index (κ1) is 12.2. The van der Waals surface area contributed by atoms with Crippen LogP contribution < -0.4 is 0 Å². The molecule has 0 saturated heterocycles. The van der Waals surface area contributed by atoms with Crippen molar-refractivity contribution in [1.82, 2.24) is 0 Å². The Labute approximate surface area is 91.2 Å². The highest BCUT2D eigenvalue weighted by atomic mass is 16.6. The van der Waals surface area contributed by atoms with Gasteiger partial charge in [0.2, 0.25) is 0 Å². The molecule has 0 heterocycles. The quantitative estimate of drug-likeness (QED) is 0.627. The normalized spacial score (nSPS) is 21.2. The number of ketones is 1. The van der Waals surface area contributed by atoms with E-state index in [4.69, 9.17) is 4.74 Å². The molecule has 0 N–H and O–H groups in total. The molecule has 0 aromatic rings. The SMILES string of the molecule is CC(=O)OC1(C(C)(C)C)CCC(=O)CC1. The Balaban J connectivity index is 2.87. The zero-order valence-electron chi connectivity index (χ0n) is 10.1. The van der Waals surface area contributed by atoms with Crippen LogP contribution in [0.15, 0.2) is 0 Å². The Bertz CT molecular complexity index is 263. The molecule has 3 nitrogen and oxygen atoms in total. The van der Waals surface area contributed by atoms with E-state index in [0.717, 1.165) is 0 Å². The van der Waals surface area contributed by atoms with E-state index in [1.165, 1.54) is 6.92 Å². The predicted octanol–water partition coefficient (Wildman–Crippen LogP) is 2.48. The highest BCUT2D eigenvalue weighted by Crippen LogP contribution is 2.44. The number of carbonyl (C=O) groups is 2. The van der Waals surface area contributed by atoms with Crippen molar-refractivity contribution in [3.8, 4) is 0 Å². The molecule has 0 radical (unpaired) electrons. The monoisotopic (exact) mass is 212 g/mol. The average Bonchev–Trinajstić information content (AvgIpc) is 2.06. The first-order valence-electron chi connectivity index (χ1n) is 5.48. The minimum absolute atomic E-state index is 0.112. The Morgan fingerprint density at radius 2 is 1.73 bits per heavy atom. The third-order valence-corrected chi connectivity index (χ3v) is 3.32. The van der Waals surface area contributed by atoms with Gasteiger partial charge >= 0.3 is 5.97 Å². The number of hydrogen-bond donors (Lipinski definition) is 0. The number of rotatable bonds is 1. The highest BCUT2D eigenvalue weighted by Gasteiger charge is 2.47. The topological polar surface area (TPSA) is 43.4 Å². The standard InChI is InChI=1S/C12H20O3/c1-9(13)15-12(11(2,3)4)7-5-10(14)6-8-12/h5-8H2,1-4H3. The fourth-order valence-electron chi connectivity index (χ4n) is 2.21. The number of Topliss-reactive ketones (excluding diaryl/α,β-unsaturated/α-hetero) is 1. The molecule has 0 atom stereocenters. The smallest absolute Gasteiger partial charge is 0.303 e. The minimum Gasteiger partial charge on any atom is -0.459 e. The van der Waals surface area contributed by atoms with Crippen LogP contribution >= 0.6 is 0 Å². The van der Waals surface area contributed by atoms with E-state index in [1.807, 2.05) is 0 Å². The molecular formula is C12H20O3. The summed E-state index contributed by atoms with van der Waals surface area (Å²) >= 11 is 0. The number of esters is 1. The molecule has 15 heavy (non-hydrogen) atoms. The van der Waals surface area contributed by atoms with Crippen LogP contribution in [-0.2, 0) is 14.3 Å². The number of ether oxygens (including phenoxy) is 1. The zero-order valence-corrected chi connectivity index (χ0v) is 10.1. The van der Waals surface area contributed by atoms with Crippen LogP contribution in [0, 0.1) is 5.41 Å². The molecule has 0 aromatic carbocycles. The second kappa shape index (κ2) is 3.95. The molecule has 86 valence electrons. The average molecular weight is 212 g/mol. The maximum Gasteiger partial charge on any atom is 0.303 e. The third-order valence-electron chi connectivity index (χ3n) is 3.32. The summed E-state index contributed by atoms with van der Waals surface area (Å²) in [6, 6.07) is 0. The molecule has 1 rings (SSSR count). The summed E-state index contributed by atoms with van der Waals surface area (Å²) in [5.41, 5.74) is -0.563. The molecule has 3 heteroatoms. The van der Waals surface area contributed by atoms with Crippen LogP contribution in [0.4, 0.5) is 0 Å². The molecule has 0 spiro atoms. The van der Waals surface area contributed by atoms with Gasteiger partial charge in [0.25, 0.3) is 0 Å². The van der Waals surface area contributed by atoms with Gasteiger partial charge in [-0.25, -0.2) is 0 Å². The molecule has 1 fully saturated rings. The Morgan fingerprint density at radius 1 is 1.27 bits per heavy atom. The van der Waals surface area contributed by atoms with Gasteiger partial charge in [0.15, 0.2) is 0 Å². The van der Waals surface area contributed by atoms with Crippen molar-refractivity contribution in [3.05, 3.63) is 0 Å². The van der Waals surface area contributed by atoms with Crippen molar-refractivity contribution in [1.29, 1.82) is 0 Å². The largest absolute Gasteiger partial charge is 0.459 e. The van der Waals surface area contributed by atoms with Gasteiger partial charge in [-0.15, -0.1) is 0 Å². The van der Waals surface area contributed by atoms with Crippen molar-refractivity contribution in [3.63, 3.8) is 0 Å². The summed E-state index contributed by atoms with van der Waals surface area (Å²) in [6.45, 7) is 7.62. The van der Waals surface area contributed by atoms with Gasteiger partial charge in [-0.3, -0.25) is 9.59 Å². The molecule has 0 aliphatic heterocycles. The van der Waals surface area contributed by atoms with Gasteiger partial charge in [-0.05, 0) is 12.8 Å². The van der Waals surface area contributed by atoms with Gasteiger partial charge in [-0.1, -0.05) is 20.8 Å². The molecule has 0 aromatic heterocycles. The molecule has 1 saturated carbocycles. The minimum atomic E-state index is -0.452. The molecular weight excluding hydrogens is 192 g/mol. The molecule has 1 aliphatic rings. The Morgan fingerprint density at radius 3 is 2.07 bits per heavy atom. The van der Waals surface area contributed by atoms with Crippen LogP contribution in [0.1, 0.15) is 53.4 Å². The van der Waals surface area contributed by atoms with Gasteiger partial charge in [0.05, 0.1) is 0 Å². The van der Waals surface area contributed by atoms with Gasteiger partial charge in [0.1, 0.15) is 11.4 Å². The van der Waals surface area contributed by atoms with Crippen LogP contribution in [0.5, 0.6) is 0 Å². The maximum atomic E-state index is 11.2. The summed E-state index contributed by atoms with van der Waals surface area (Å²) in [5, 5.41) is 0. The van der Waals surface area contributed by atoms with E-state index in [9.17, 15) is 9.59 Å². The number of carbonyl (C=O) groups excluding carboxylic acids is 2. The lowest BCUT2D eigenvalue weighted by Crippen LogP contribution is -2.49. The molecule has 0 amide bonds. The molecule has 0 bridgehead atoms. The highest BCUT2D eigenvalue weighted by molar-refractivity contribution is 5.79. The lowest BCUT2D eigenvalue weighted by atomic mass is 9.68. The van der Waals surface area contributed by atoms with E-state index < -0.39 is 5.60 Å². The van der Waals surface area contributed by atoms with E-state index >= 15 is 0 Å². The van der Waals surface area contributed by atoms with Crippen molar-refractivity contribution >= 4 is 11.8 Å². The lowest BCUT2D eigenvalue weighted by Gasteiger charge is -2.45. The Kier molecular flexibility index (Phi) is 3.22. The van der Waals surface area contributed by atoms with E-state index in [2.05, 4.69) is 20.8 Å². The van der Waals surface area contributed by atoms with Crippen molar-refractivity contribution in [2.45, 2.75) is 59.0 Å². The van der Waals surface area contributed by atoms with E-state index in [0.29, 0.717) is 25.7 Å². The lowest BCUT2D eigenvalue weighted by molar-refractivity contribution is -0.178. The second-order valence-electron chi connectivity index (χ2n) is 5.38. The van der Waals surface area contributed by atoms with E-state index in [-0.39, 0.29) is 17.2 Å². The summed E-state index contributed by atoms with van der Waals surface area (Å²) in [7, 11) is 0. The summed E-state index contributed by atoms with van der Waals surface area (Å²) in [5.74, 6) is 0.0290. The zero-order chi connectivity index (χ0) is 11.7. The maximum absolute atomic E-state index is 11.2. The van der Waals surface area contributed by atoms with E-state index in [1.54, 1.807) is 0 Å². The molecule has 1 aliphatic carbocycles. The summed E-state index contributed by atoms with van der Waals surface area (Å²) in [4.78, 5) is 22.4. The summed E-state index contributed by atoms with van der Waals surface area (Å²) < 4.78 is 5.50. The fourth-order valence-corrected chi connectivity index (χ4v) is 2.21. The molecule has 0 unspecified atom stereocenters. The second-order valence-corrected chi connectivity index (χ2v) is 5.38. The van der Waals surface area contributed by atoms with Crippen LogP contribution in [0.2, 0.25) is 0 Å².